The van der Waals surface area contributed by atoms with Crippen molar-refractivity contribution in [3.05, 3.63) is 43.2 Å². The molecule has 0 N–H and O–H groups in total. The van der Waals surface area contributed by atoms with E-state index in [9.17, 15) is 4.79 Å². The molecule has 0 aliphatic heterocycles. The largest absolute Gasteiger partial charge is 0.293 e. The standard InChI is InChI=1S/C13H11ClOS2/c14-12-5-4-11(17-12)13(15)9-2-1-3-10-8(9)6-7-16-10/h4-7,9H,1-3H2. The number of rotatable bonds is 2. The van der Waals surface area contributed by atoms with E-state index in [0.29, 0.717) is 4.34 Å². The highest BCUT2D eigenvalue weighted by Gasteiger charge is 2.28. The maximum atomic E-state index is 12.4. The summed E-state index contributed by atoms with van der Waals surface area (Å²) < 4.78 is 0.690. The number of hydrogen-bond donors (Lipinski definition) is 0. The van der Waals surface area contributed by atoms with Gasteiger partial charge in [-0.2, -0.15) is 0 Å². The lowest BCUT2D eigenvalue weighted by atomic mass is 9.84. The fourth-order valence-corrected chi connectivity index (χ4v) is 4.40. The normalized spacial score (nSPS) is 19.0. The minimum absolute atomic E-state index is 0.0553. The van der Waals surface area contributed by atoms with E-state index in [1.165, 1.54) is 21.8 Å². The molecule has 0 saturated carbocycles. The molecule has 3 rings (SSSR count). The van der Waals surface area contributed by atoms with E-state index in [1.807, 2.05) is 6.07 Å². The molecule has 1 aliphatic carbocycles. The van der Waals surface area contributed by atoms with E-state index < -0.39 is 0 Å². The second-order valence-electron chi connectivity index (χ2n) is 4.21. The summed E-state index contributed by atoms with van der Waals surface area (Å²) in [6.45, 7) is 0. The summed E-state index contributed by atoms with van der Waals surface area (Å²) >= 11 is 9.05. The Labute approximate surface area is 113 Å². The highest BCUT2D eigenvalue weighted by atomic mass is 35.5. The van der Waals surface area contributed by atoms with Crippen LogP contribution in [0.1, 0.15) is 38.9 Å². The average molecular weight is 283 g/mol. The van der Waals surface area contributed by atoms with Crippen LogP contribution in [-0.4, -0.2) is 5.78 Å². The summed E-state index contributed by atoms with van der Waals surface area (Å²) in [6, 6.07) is 5.75. The summed E-state index contributed by atoms with van der Waals surface area (Å²) in [5.41, 5.74) is 1.25. The second kappa shape index (κ2) is 4.56. The molecule has 4 heteroatoms. The molecule has 0 bridgehead atoms. The smallest absolute Gasteiger partial charge is 0.180 e. The fraction of sp³-hybridized carbons (Fsp3) is 0.308. The van der Waals surface area contributed by atoms with Crippen LogP contribution < -0.4 is 0 Å². The molecule has 17 heavy (non-hydrogen) atoms. The Hall–Kier alpha value is -0.640. The lowest BCUT2D eigenvalue weighted by Gasteiger charge is -2.20. The molecular formula is C13H11ClOS2. The summed E-state index contributed by atoms with van der Waals surface area (Å²) in [7, 11) is 0. The predicted octanol–water partition coefficient (Wildman–Crippen LogP) is 4.77. The third-order valence-electron chi connectivity index (χ3n) is 3.18. The lowest BCUT2D eigenvalue weighted by molar-refractivity contribution is 0.0955. The Morgan fingerprint density at radius 2 is 2.24 bits per heavy atom. The van der Waals surface area contributed by atoms with Gasteiger partial charge >= 0.3 is 0 Å². The van der Waals surface area contributed by atoms with Gasteiger partial charge in [-0.1, -0.05) is 11.6 Å². The number of aryl methyl sites for hydroxylation is 1. The van der Waals surface area contributed by atoms with Crippen molar-refractivity contribution < 1.29 is 4.79 Å². The number of thiophene rings is 2. The maximum absolute atomic E-state index is 12.4. The molecule has 2 heterocycles. The summed E-state index contributed by atoms with van der Waals surface area (Å²) in [5, 5.41) is 2.09. The second-order valence-corrected chi connectivity index (χ2v) is 6.93. The molecular weight excluding hydrogens is 272 g/mol. The third-order valence-corrected chi connectivity index (χ3v) is 5.43. The molecule has 0 fully saturated rings. The van der Waals surface area contributed by atoms with Crippen LogP contribution >= 0.6 is 34.3 Å². The zero-order valence-electron chi connectivity index (χ0n) is 9.11. The van der Waals surface area contributed by atoms with Crippen molar-refractivity contribution in [1.82, 2.24) is 0 Å². The molecule has 1 nitrogen and oxygen atoms in total. The van der Waals surface area contributed by atoms with Crippen molar-refractivity contribution in [2.75, 3.05) is 0 Å². The minimum atomic E-state index is 0.0553. The molecule has 0 amide bonds. The first-order valence-electron chi connectivity index (χ1n) is 5.61. The van der Waals surface area contributed by atoms with Crippen molar-refractivity contribution in [2.24, 2.45) is 0 Å². The van der Waals surface area contributed by atoms with E-state index in [-0.39, 0.29) is 11.7 Å². The van der Waals surface area contributed by atoms with E-state index in [1.54, 1.807) is 17.4 Å². The van der Waals surface area contributed by atoms with Crippen molar-refractivity contribution in [1.29, 1.82) is 0 Å². The molecule has 0 radical (unpaired) electrons. The quantitative estimate of drug-likeness (QED) is 0.726. The zero-order chi connectivity index (χ0) is 11.8. The van der Waals surface area contributed by atoms with Crippen LogP contribution in [0.5, 0.6) is 0 Å². The van der Waals surface area contributed by atoms with Crippen molar-refractivity contribution in [3.63, 3.8) is 0 Å². The number of Topliss-reactive ketones (excluding diaryl/α,β-unsaturated/α-hetero) is 1. The first-order valence-corrected chi connectivity index (χ1v) is 7.69. The van der Waals surface area contributed by atoms with Crippen molar-refractivity contribution in [2.45, 2.75) is 25.2 Å². The number of carbonyl (C=O) groups excluding carboxylic acids is 1. The summed E-state index contributed by atoms with van der Waals surface area (Å²) in [5.74, 6) is 0.293. The first kappa shape index (κ1) is 11.5. The molecule has 2 aromatic heterocycles. The zero-order valence-corrected chi connectivity index (χ0v) is 11.5. The lowest BCUT2D eigenvalue weighted by Crippen LogP contribution is -2.16. The number of ketones is 1. The fourth-order valence-electron chi connectivity index (χ4n) is 2.38. The van der Waals surface area contributed by atoms with Gasteiger partial charge in [-0.3, -0.25) is 4.79 Å². The van der Waals surface area contributed by atoms with Gasteiger partial charge in [-0.05, 0) is 48.4 Å². The van der Waals surface area contributed by atoms with E-state index in [0.717, 1.165) is 24.1 Å². The highest BCUT2D eigenvalue weighted by molar-refractivity contribution is 7.18. The highest BCUT2D eigenvalue weighted by Crippen LogP contribution is 2.38. The molecule has 88 valence electrons. The number of fused-ring (bicyclic) bond motifs is 1. The number of halogens is 1. The van der Waals surface area contributed by atoms with Crippen LogP contribution in [0.25, 0.3) is 0 Å². The van der Waals surface area contributed by atoms with Crippen molar-refractivity contribution >= 4 is 40.1 Å². The Morgan fingerprint density at radius 1 is 1.35 bits per heavy atom. The van der Waals surface area contributed by atoms with E-state index in [4.69, 9.17) is 11.6 Å². The molecule has 1 unspecified atom stereocenters. The molecule has 2 aromatic rings. The minimum Gasteiger partial charge on any atom is -0.293 e. The maximum Gasteiger partial charge on any atom is 0.180 e. The van der Waals surface area contributed by atoms with Gasteiger partial charge in [0.25, 0.3) is 0 Å². The van der Waals surface area contributed by atoms with Gasteiger partial charge in [0.1, 0.15) is 0 Å². The van der Waals surface area contributed by atoms with Crippen LogP contribution in [0.4, 0.5) is 0 Å². The van der Waals surface area contributed by atoms with Gasteiger partial charge in [0.05, 0.1) is 9.21 Å². The molecule has 1 atom stereocenters. The monoisotopic (exact) mass is 282 g/mol. The van der Waals surface area contributed by atoms with Crippen LogP contribution in [0.2, 0.25) is 4.34 Å². The average Bonchev–Trinajstić information content (AvgIpc) is 2.95. The van der Waals surface area contributed by atoms with Crippen molar-refractivity contribution in [3.8, 4) is 0 Å². The molecule has 1 aliphatic rings. The SMILES string of the molecule is O=C(c1ccc(Cl)s1)C1CCCc2sccc21. The van der Waals surface area contributed by atoms with Crippen LogP contribution in [0, 0.1) is 0 Å². The van der Waals surface area contributed by atoms with Gasteiger partial charge in [0.2, 0.25) is 0 Å². The van der Waals surface area contributed by atoms with Gasteiger partial charge in [-0.25, -0.2) is 0 Å². The Kier molecular flexibility index (Phi) is 3.07. The van der Waals surface area contributed by atoms with Gasteiger partial charge < -0.3 is 0 Å². The molecule has 0 aromatic carbocycles. The number of carbonyl (C=O) groups is 1. The van der Waals surface area contributed by atoms with Crippen LogP contribution in [0.3, 0.4) is 0 Å². The van der Waals surface area contributed by atoms with Crippen LogP contribution in [-0.2, 0) is 6.42 Å². The van der Waals surface area contributed by atoms with Gasteiger partial charge in [-0.15, -0.1) is 22.7 Å². The Morgan fingerprint density at radius 3 is 3.00 bits per heavy atom. The Bertz CT molecular complexity index is 555. The predicted molar refractivity (Wildman–Crippen MR) is 73.7 cm³/mol. The Balaban J connectivity index is 1.94. The van der Waals surface area contributed by atoms with E-state index >= 15 is 0 Å². The van der Waals surface area contributed by atoms with Gasteiger partial charge in [0.15, 0.2) is 5.78 Å². The van der Waals surface area contributed by atoms with Gasteiger partial charge in [0, 0.05) is 10.8 Å². The molecule has 0 saturated heterocycles. The summed E-state index contributed by atoms with van der Waals surface area (Å²) in [4.78, 5) is 14.6. The van der Waals surface area contributed by atoms with Crippen LogP contribution in [0.15, 0.2) is 23.6 Å². The molecule has 0 spiro atoms. The van der Waals surface area contributed by atoms with E-state index in [2.05, 4.69) is 11.4 Å². The number of hydrogen-bond acceptors (Lipinski definition) is 3. The first-order chi connectivity index (χ1) is 8.25. The third kappa shape index (κ3) is 2.07. The summed E-state index contributed by atoms with van der Waals surface area (Å²) in [6.07, 6.45) is 3.21. The topological polar surface area (TPSA) is 17.1 Å².